The van der Waals surface area contributed by atoms with E-state index in [2.05, 4.69) is 50.3 Å². The van der Waals surface area contributed by atoms with Crippen LogP contribution >= 0.6 is 22.6 Å². The molecule has 4 nitrogen and oxygen atoms in total. The van der Waals surface area contributed by atoms with Crippen LogP contribution in [0.3, 0.4) is 0 Å². The molecule has 1 aliphatic heterocycles. The number of carbonyl (C=O) groups excluding carboxylic acids is 1. The van der Waals surface area contributed by atoms with E-state index < -0.39 is 0 Å². The van der Waals surface area contributed by atoms with Crippen molar-refractivity contribution in [2.75, 3.05) is 36.4 Å². The summed E-state index contributed by atoms with van der Waals surface area (Å²) in [5.74, 6) is -0.0695. The molecular weight excluding hydrogens is 389 g/mol. The lowest BCUT2D eigenvalue weighted by Crippen LogP contribution is -2.43. The summed E-state index contributed by atoms with van der Waals surface area (Å²) in [7, 11) is 0. The van der Waals surface area contributed by atoms with Gasteiger partial charge in [0.15, 0.2) is 0 Å². The SMILES string of the molecule is O=C(Nc1ccc(N2CCNCC2)cc1)c1ccccc1I. The second-order valence-corrected chi connectivity index (χ2v) is 6.38. The van der Waals surface area contributed by atoms with Gasteiger partial charge < -0.3 is 15.5 Å². The molecular formula is C17H18IN3O. The summed E-state index contributed by atoms with van der Waals surface area (Å²) < 4.78 is 0.954. The molecule has 0 saturated carbocycles. The summed E-state index contributed by atoms with van der Waals surface area (Å²) in [5.41, 5.74) is 2.73. The van der Waals surface area contributed by atoms with Gasteiger partial charge in [0.05, 0.1) is 5.56 Å². The van der Waals surface area contributed by atoms with Crippen molar-refractivity contribution in [1.29, 1.82) is 0 Å². The van der Waals surface area contributed by atoms with Crippen LogP contribution in [0.25, 0.3) is 0 Å². The van der Waals surface area contributed by atoms with Gasteiger partial charge in [-0.3, -0.25) is 4.79 Å². The Morgan fingerprint density at radius 3 is 2.41 bits per heavy atom. The maximum Gasteiger partial charge on any atom is 0.256 e. The van der Waals surface area contributed by atoms with Crippen molar-refractivity contribution in [3.63, 3.8) is 0 Å². The quantitative estimate of drug-likeness (QED) is 0.770. The van der Waals surface area contributed by atoms with Gasteiger partial charge in [0.25, 0.3) is 5.91 Å². The van der Waals surface area contributed by atoms with Crippen molar-refractivity contribution in [2.45, 2.75) is 0 Å². The maximum absolute atomic E-state index is 12.3. The van der Waals surface area contributed by atoms with Crippen molar-refractivity contribution in [1.82, 2.24) is 5.32 Å². The highest BCUT2D eigenvalue weighted by Gasteiger charge is 2.12. The van der Waals surface area contributed by atoms with Gasteiger partial charge in [-0.05, 0) is 59.0 Å². The third-order valence-corrected chi connectivity index (χ3v) is 4.67. The summed E-state index contributed by atoms with van der Waals surface area (Å²) in [6.45, 7) is 4.08. The number of benzene rings is 2. The topological polar surface area (TPSA) is 44.4 Å². The summed E-state index contributed by atoms with van der Waals surface area (Å²) in [4.78, 5) is 14.6. The summed E-state index contributed by atoms with van der Waals surface area (Å²) in [6.07, 6.45) is 0. The fourth-order valence-electron chi connectivity index (χ4n) is 2.52. The van der Waals surface area contributed by atoms with E-state index in [0.29, 0.717) is 5.56 Å². The van der Waals surface area contributed by atoms with Crippen LogP contribution < -0.4 is 15.5 Å². The minimum Gasteiger partial charge on any atom is -0.369 e. The van der Waals surface area contributed by atoms with Crippen molar-refractivity contribution in [3.05, 3.63) is 57.7 Å². The van der Waals surface area contributed by atoms with Crippen molar-refractivity contribution in [3.8, 4) is 0 Å². The van der Waals surface area contributed by atoms with Crippen LogP contribution in [0.2, 0.25) is 0 Å². The highest BCUT2D eigenvalue weighted by atomic mass is 127. The lowest BCUT2D eigenvalue weighted by Gasteiger charge is -2.29. The minimum atomic E-state index is -0.0695. The molecule has 2 aromatic carbocycles. The van der Waals surface area contributed by atoms with Crippen LogP contribution in [0.5, 0.6) is 0 Å². The van der Waals surface area contributed by atoms with E-state index in [-0.39, 0.29) is 5.91 Å². The van der Waals surface area contributed by atoms with E-state index in [0.717, 1.165) is 35.4 Å². The van der Waals surface area contributed by atoms with Crippen molar-refractivity contribution < 1.29 is 4.79 Å². The number of hydrogen-bond donors (Lipinski definition) is 2. The number of nitrogens with zero attached hydrogens (tertiary/aromatic N) is 1. The Labute approximate surface area is 144 Å². The fourth-order valence-corrected chi connectivity index (χ4v) is 3.15. The molecule has 5 heteroatoms. The van der Waals surface area contributed by atoms with E-state index in [1.54, 1.807) is 0 Å². The molecule has 0 aromatic heterocycles. The number of rotatable bonds is 3. The van der Waals surface area contributed by atoms with Crippen LogP contribution in [-0.2, 0) is 0 Å². The molecule has 0 spiro atoms. The Hall–Kier alpha value is -1.60. The predicted molar refractivity (Wildman–Crippen MR) is 98.6 cm³/mol. The third kappa shape index (κ3) is 3.59. The van der Waals surface area contributed by atoms with E-state index >= 15 is 0 Å². The largest absolute Gasteiger partial charge is 0.369 e. The highest BCUT2D eigenvalue weighted by molar-refractivity contribution is 14.1. The molecule has 22 heavy (non-hydrogen) atoms. The normalized spacial score (nSPS) is 14.7. The van der Waals surface area contributed by atoms with Crippen molar-refractivity contribution >= 4 is 39.9 Å². The van der Waals surface area contributed by atoms with Gasteiger partial charge >= 0.3 is 0 Å². The Morgan fingerprint density at radius 2 is 1.73 bits per heavy atom. The first-order chi connectivity index (χ1) is 10.7. The second-order valence-electron chi connectivity index (χ2n) is 5.22. The number of halogens is 1. The second kappa shape index (κ2) is 7.11. The van der Waals surface area contributed by atoms with Gasteiger partial charge in [0.2, 0.25) is 0 Å². The third-order valence-electron chi connectivity index (χ3n) is 3.73. The number of anilines is 2. The van der Waals surface area contributed by atoms with Crippen molar-refractivity contribution in [2.24, 2.45) is 0 Å². The number of amides is 1. The van der Waals surface area contributed by atoms with Crippen LogP contribution in [0, 0.1) is 3.57 Å². The van der Waals surface area contributed by atoms with E-state index in [9.17, 15) is 4.79 Å². The Morgan fingerprint density at radius 1 is 1.05 bits per heavy atom. The molecule has 1 amide bonds. The summed E-state index contributed by atoms with van der Waals surface area (Å²) in [5, 5.41) is 6.30. The van der Waals surface area contributed by atoms with E-state index in [1.807, 2.05) is 36.4 Å². The van der Waals surface area contributed by atoms with Crippen LogP contribution in [-0.4, -0.2) is 32.1 Å². The van der Waals surface area contributed by atoms with E-state index in [4.69, 9.17) is 0 Å². The molecule has 3 rings (SSSR count). The van der Waals surface area contributed by atoms with Crippen LogP contribution in [0.1, 0.15) is 10.4 Å². The standard InChI is InChI=1S/C17H18IN3O/c18-16-4-2-1-3-15(16)17(22)20-13-5-7-14(8-6-13)21-11-9-19-10-12-21/h1-8,19H,9-12H2,(H,20,22). The van der Waals surface area contributed by atoms with Gasteiger partial charge in [0, 0.05) is 41.1 Å². The molecule has 0 atom stereocenters. The molecule has 2 aromatic rings. The molecule has 1 fully saturated rings. The van der Waals surface area contributed by atoms with Gasteiger partial charge in [-0.15, -0.1) is 0 Å². The predicted octanol–water partition coefficient (Wildman–Crippen LogP) is 2.95. The van der Waals surface area contributed by atoms with Crippen LogP contribution in [0.4, 0.5) is 11.4 Å². The van der Waals surface area contributed by atoms with Gasteiger partial charge in [-0.1, -0.05) is 12.1 Å². The lowest BCUT2D eigenvalue weighted by atomic mass is 10.2. The van der Waals surface area contributed by atoms with Gasteiger partial charge in [-0.25, -0.2) is 0 Å². The summed E-state index contributed by atoms with van der Waals surface area (Å²) in [6, 6.07) is 15.6. The first-order valence-electron chi connectivity index (χ1n) is 7.35. The smallest absolute Gasteiger partial charge is 0.256 e. The molecule has 1 saturated heterocycles. The number of nitrogens with one attached hydrogen (secondary N) is 2. The monoisotopic (exact) mass is 407 g/mol. The molecule has 1 heterocycles. The van der Waals surface area contributed by atoms with Crippen LogP contribution in [0.15, 0.2) is 48.5 Å². The minimum absolute atomic E-state index is 0.0695. The van der Waals surface area contributed by atoms with E-state index in [1.165, 1.54) is 5.69 Å². The molecule has 1 aliphatic rings. The van der Waals surface area contributed by atoms with Gasteiger partial charge in [0.1, 0.15) is 0 Å². The lowest BCUT2D eigenvalue weighted by molar-refractivity contribution is 0.102. The average Bonchev–Trinajstić information content (AvgIpc) is 2.57. The first kappa shape index (κ1) is 15.3. The Balaban J connectivity index is 1.68. The Bertz CT molecular complexity index is 651. The highest BCUT2D eigenvalue weighted by Crippen LogP contribution is 2.20. The zero-order chi connectivity index (χ0) is 15.4. The first-order valence-corrected chi connectivity index (χ1v) is 8.43. The Kier molecular flexibility index (Phi) is 4.94. The zero-order valence-electron chi connectivity index (χ0n) is 12.2. The maximum atomic E-state index is 12.3. The molecule has 0 unspecified atom stereocenters. The molecule has 114 valence electrons. The zero-order valence-corrected chi connectivity index (χ0v) is 14.3. The molecule has 2 N–H and O–H groups in total. The fraction of sp³-hybridized carbons (Fsp3) is 0.235. The number of hydrogen-bond acceptors (Lipinski definition) is 3. The van der Waals surface area contributed by atoms with Gasteiger partial charge in [-0.2, -0.15) is 0 Å². The molecule has 0 aliphatic carbocycles. The number of carbonyl (C=O) groups is 1. The average molecular weight is 407 g/mol. The molecule has 0 bridgehead atoms. The summed E-state index contributed by atoms with van der Waals surface area (Å²) >= 11 is 2.18. The number of piperazine rings is 1. The molecule has 0 radical (unpaired) electrons.